The molecule has 1 aliphatic carbocycles. The highest BCUT2D eigenvalue weighted by Gasteiger charge is 2.37. The van der Waals surface area contributed by atoms with Gasteiger partial charge in [0, 0.05) is 6.04 Å². The third kappa shape index (κ3) is 2.65. The molecular formula is C19H31N. The maximum Gasteiger partial charge on any atom is 0.0320 e. The third-order valence-corrected chi connectivity index (χ3v) is 5.52. The summed E-state index contributed by atoms with van der Waals surface area (Å²) in [7, 11) is 0. The molecule has 0 heterocycles. The van der Waals surface area contributed by atoms with Crippen molar-refractivity contribution < 1.29 is 0 Å². The van der Waals surface area contributed by atoms with E-state index >= 15 is 0 Å². The molecule has 2 N–H and O–H groups in total. The van der Waals surface area contributed by atoms with E-state index in [2.05, 4.69) is 59.7 Å². The van der Waals surface area contributed by atoms with Gasteiger partial charge in [0.25, 0.3) is 0 Å². The average Bonchev–Trinajstić information content (AvgIpc) is 2.42. The van der Waals surface area contributed by atoms with Crippen LogP contribution >= 0.6 is 0 Å². The number of fused-ring (bicyclic) bond motifs is 1. The summed E-state index contributed by atoms with van der Waals surface area (Å²) in [4.78, 5) is 0. The lowest BCUT2D eigenvalue weighted by Gasteiger charge is -2.42. The molecule has 1 aromatic carbocycles. The molecule has 1 heteroatoms. The van der Waals surface area contributed by atoms with E-state index < -0.39 is 0 Å². The van der Waals surface area contributed by atoms with Crippen LogP contribution in [0.1, 0.15) is 83.5 Å². The first-order valence-corrected chi connectivity index (χ1v) is 8.09. The molecule has 1 aliphatic rings. The summed E-state index contributed by atoms with van der Waals surface area (Å²) < 4.78 is 0. The van der Waals surface area contributed by atoms with Gasteiger partial charge in [-0.1, -0.05) is 66.2 Å². The van der Waals surface area contributed by atoms with Crippen LogP contribution in [0.5, 0.6) is 0 Å². The molecule has 112 valence electrons. The minimum Gasteiger partial charge on any atom is -0.324 e. The van der Waals surface area contributed by atoms with Crippen LogP contribution in [-0.2, 0) is 10.8 Å². The van der Waals surface area contributed by atoms with Crippen LogP contribution in [-0.4, -0.2) is 0 Å². The van der Waals surface area contributed by atoms with E-state index in [1.807, 2.05) is 0 Å². The normalized spacial score (nSPS) is 22.9. The molecule has 2 unspecified atom stereocenters. The Kier molecular flexibility index (Phi) is 4.03. The average molecular weight is 273 g/mol. The lowest BCUT2D eigenvalue weighted by molar-refractivity contribution is 0.331. The van der Waals surface area contributed by atoms with E-state index in [4.69, 9.17) is 5.73 Å². The first-order valence-electron chi connectivity index (χ1n) is 8.09. The van der Waals surface area contributed by atoms with Crippen LogP contribution in [0.2, 0.25) is 0 Å². The van der Waals surface area contributed by atoms with E-state index in [-0.39, 0.29) is 11.5 Å². The highest BCUT2D eigenvalue weighted by Crippen LogP contribution is 2.46. The van der Waals surface area contributed by atoms with Crippen molar-refractivity contribution >= 4 is 0 Å². The first-order chi connectivity index (χ1) is 9.19. The zero-order valence-corrected chi connectivity index (χ0v) is 14.1. The van der Waals surface area contributed by atoms with Crippen molar-refractivity contribution in [3.63, 3.8) is 0 Å². The van der Waals surface area contributed by atoms with Crippen molar-refractivity contribution in [1.29, 1.82) is 0 Å². The lowest BCUT2D eigenvalue weighted by Crippen LogP contribution is -2.34. The summed E-state index contributed by atoms with van der Waals surface area (Å²) in [5, 5.41) is 0. The SMILES string of the molecule is CCC(C)C(N)c1ccc2c(c1)C(C)(C)CCC2(C)C. The predicted octanol–water partition coefficient (Wildman–Crippen LogP) is 5.08. The topological polar surface area (TPSA) is 26.0 Å². The van der Waals surface area contributed by atoms with Crippen molar-refractivity contribution in [2.75, 3.05) is 0 Å². The van der Waals surface area contributed by atoms with Crippen LogP contribution in [0.4, 0.5) is 0 Å². The molecule has 0 aromatic heterocycles. The van der Waals surface area contributed by atoms with E-state index in [1.54, 1.807) is 0 Å². The minimum absolute atomic E-state index is 0.158. The molecular weight excluding hydrogens is 242 g/mol. The summed E-state index contributed by atoms with van der Waals surface area (Å²) in [6, 6.07) is 7.16. The maximum atomic E-state index is 6.44. The van der Waals surface area contributed by atoms with E-state index in [0.717, 1.165) is 6.42 Å². The molecule has 0 saturated heterocycles. The lowest BCUT2D eigenvalue weighted by atomic mass is 9.62. The second-order valence-corrected chi connectivity index (χ2v) is 7.98. The van der Waals surface area contributed by atoms with E-state index in [0.29, 0.717) is 11.3 Å². The summed E-state index contributed by atoms with van der Waals surface area (Å²) in [5.74, 6) is 0.535. The van der Waals surface area contributed by atoms with Gasteiger partial charge >= 0.3 is 0 Å². The molecule has 2 atom stereocenters. The fraction of sp³-hybridized carbons (Fsp3) is 0.684. The fourth-order valence-corrected chi connectivity index (χ4v) is 3.40. The molecule has 0 bridgehead atoms. The smallest absolute Gasteiger partial charge is 0.0320 e. The van der Waals surface area contributed by atoms with Crippen molar-refractivity contribution in [1.82, 2.24) is 0 Å². The number of benzene rings is 1. The molecule has 0 aliphatic heterocycles. The van der Waals surface area contributed by atoms with Gasteiger partial charge in [0.15, 0.2) is 0 Å². The standard InChI is InChI=1S/C19H31N/c1-7-13(2)17(20)14-8-9-15-16(12-14)19(5,6)11-10-18(15,3)4/h8-9,12-13,17H,7,10-11,20H2,1-6H3. The zero-order valence-electron chi connectivity index (χ0n) is 14.1. The molecule has 1 aromatic rings. The summed E-state index contributed by atoms with van der Waals surface area (Å²) in [6.45, 7) is 14.0. The van der Waals surface area contributed by atoms with E-state index in [9.17, 15) is 0 Å². The maximum absolute atomic E-state index is 6.44. The van der Waals surface area contributed by atoms with Gasteiger partial charge < -0.3 is 5.73 Å². The zero-order chi connectivity index (χ0) is 15.1. The number of hydrogen-bond donors (Lipinski definition) is 1. The molecule has 0 saturated carbocycles. The van der Waals surface area contributed by atoms with Gasteiger partial charge in [0.1, 0.15) is 0 Å². The largest absolute Gasteiger partial charge is 0.324 e. The van der Waals surface area contributed by atoms with Crippen LogP contribution in [0, 0.1) is 5.92 Å². The van der Waals surface area contributed by atoms with Gasteiger partial charge in [0.2, 0.25) is 0 Å². The van der Waals surface area contributed by atoms with Gasteiger partial charge in [-0.05, 0) is 46.3 Å². The van der Waals surface area contributed by atoms with Crippen LogP contribution in [0.3, 0.4) is 0 Å². The fourth-order valence-electron chi connectivity index (χ4n) is 3.40. The van der Waals surface area contributed by atoms with Gasteiger partial charge in [-0.3, -0.25) is 0 Å². The van der Waals surface area contributed by atoms with Crippen molar-refractivity contribution in [3.8, 4) is 0 Å². The number of nitrogens with two attached hydrogens (primary N) is 1. The van der Waals surface area contributed by atoms with Crippen molar-refractivity contribution in [2.45, 2.75) is 77.7 Å². The Labute approximate surface area is 125 Å². The molecule has 0 radical (unpaired) electrons. The third-order valence-electron chi connectivity index (χ3n) is 5.52. The van der Waals surface area contributed by atoms with Crippen LogP contribution in [0.15, 0.2) is 18.2 Å². The van der Waals surface area contributed by atoms with Crippen molar-refractivity contribution in [3.05, 3.63) is 34.9 Å². The molecule has 20 heavy (non-hydrogen) atoms. The Hall–Kier alpha value is -0.820. The summed E-state index contributed by atoms with van der Waals surface area (Å²) in [5.41, 5.74) is 11.4. The predicted molar refractivity (Wildman–Crippen MR) is 88.1 cm³/mol. The van der Waals surface area contributed by atoms with Crippen molar-refractivity contribution in [2.24, 2.45) is 11.7 Å². The first kappa shape index (κ1) is 15.6. The van der Waals surface area contributed by atoms with Gasteiger partial charge in [0.05, 0.1) is 0 Å². The Morgan fingerprint density at radius 1 is 1.05 bits per heavy atom. The quantitative estimate of drug-likeness (QED) is 0.816. The summed E-state index contributed by atoms with van der Waals surface area (Å²) in [6.07, 6.45) is 3.66. The Morgan fingerprint density at radius 2 is 1.60 bits per heavy atom. The molecule has 0 spiro atoms. The second kappa shape index (κ2) is 5.18. The molecule has 0 fully saturated rings. The van der Waals surface area contributed by atoms with Crippen LogP contribution < -0.4 is 5.73 Å². The Balaban J connectivity index is 2.48. The highest BCUT2D eigenvalue weighted by molar-refractivity contribution is 5.44. The van der Waals surface area contributed by atoms with Crippen LogP contribution in [0.25, 0.3) is 0 Å². The van der Waals surface area contributed by atoms with Gasteiger partial charge in [-0.15, -0.1) is 0 Å². The van der Waals surface area contributed by atoms with Gasteiger partial charge in [-0.2, -0.15) is 0 Å². The molecule has 1 nitrogen and oxygen atoms in total. The number of hydrogen-bond acceptors (Lipinski definition) is 1. The Morgan fingerprint density at radius 3 is 2.15 bits per heavy atom. The molecule has 2 rings (SSSR count). The number of rotatable bonds is 3. The summed E-state index contributed by atoms with van der Waals surface area (Å²) >= 11 is 0. The minimum atomic E-state index is 0.158. The highest BCUT2D eigenvalue weighted by atomic mass is 14.6. The monoisotopic (exact) mass is 273 g/mol. The molecule has 0 amide bonds. The Bertz CT molecular complexity index is 485. The van der Waals surface area contributed by atoms with E-state index in [1.165, 1.54) is 29.5 Å². The second-order valence-electron chi connectivity index (χ2n) is 7.98. The van der Waals surface area contributed by atoms with Gasteiger partial charge in [-0.25, -0.2) is 0 Å².